The van der Waals surface area contributed by atoms with Gasteiger partial charge in [0.15, 0.2) is 11.8 Å². The highest BCUT2D eigenvalue weighted by atomic mass is 127. The van der Waals surface area contributed by atoms with Crippen molar-refractivity contribution in [1.29, 1.82) is 0 Å². The average Bonchev–Trinajstić information content (AvgIpc) is 3.47. The van der Waals surface area contributed by atoms with Crippen LogP contribution < -0.4 is 10.6 Å². The Morgan fingerprint density at radius 3 is 2.53 bits per heavy atom. The molecule has 1 aliphatic carbocycles. The van der Waals surface area contributed by atoms with Gasteiger partial charge in [-0.2, -0.15) is 5.10 Å². The van der Waals surface area contributed by atoms with E-state index in [1.165, 1.54) is 25.7 Å². The molecule has 2 heterocycles. The van der Waals surface area contributed by atoms with E-state index in [9.17, 15) is 0 Å². The number of benzene rings is 1. The monoisotopic (exact) mass is 548 g/mol. The fraction of sp³-hybridized carbons (Fsp3) is 0.478. The first-order valence-corrected chi connectivity index (χ1v) is 11.0. The molecule has 4 rings (SSSR count). The molecule has 0 bridgehead atoms. The number of aliphatic imine (C=N–C) groups is 1. The first-order valence-electron chi connectivity index (χ1n) is 11.0. The molecule has 1 saturated carbocycles. The number of aromatic nitrogens is 5. The minimum absolute atomic E-state index is 0. The summed E-state index contributed by atoms with van der Waals surface area (Å²) in [6.45, 7) is 7.20. The zero-order valence-electron chi connectivity index (χ0n) is 19.3. The molecule has 0 saturated heterocycles. The maximum absolute atomic E-state index is 4.93. The van der Waals surface area contributed by atoms with Crippen LogP contribution in [0.5, 0.6) is 0 Å². The summed E-state index contributed by atoms with van der Waals surface area (Å²) in [5.74, 6) is 2.61. The number of nitrogens with one attached hydrogen (secondary N) is 2. The summed E-state index contributed by atoms with van der Waals surface area (Å²) in [5, 5.41) is 20.1. The van der Waals surface area contributed by atoms with E-state index < -0.39 is 0 Å². The minimum Gasteiger partial charge on any atom is -0.354 e. The molecule has 3 aromatic rings. The van der Waals surface area contributed by atoms with Gasteiger partial charge in [0.2, 0.25) is 0 Å². The summed E-state index contributed by atoms with van der Waals surface area (Å²) in [6, 6.07) is 10.9. The van der Waals surface area contributed by atoms with Crippen molar-refractivity contribution in [3.05, 3.63) is 58.9 Å². The first kappa shape index (κ1) is 24.2. The topological polar surface area (TPSA) is 85.0 Å². The van der Waals surface area contributed by atoms with Crippen molar-refractivity contribution >= 4 is 29.9 Å². The Morgan fingerprint density at radius 2 is 1.88 bits per heavy atom. The summed E-state index contributed by atoms with van der Waals surface area (Å²) in [7, 11) is 1.98. The number of hydrogen-bond acceptors (Lipinski definition) is 4. The summed E-state index contributed by atoms with van der Waals surface area (Å²) < 4.78 is 4.00. The van der Waals surface area contributed by atoms with Crippen LogP contribution in [0.1, 0.15) is 54.3 Å². The van der Waals surface area contributed by atoms with Gasteiger partial charge in [0.05, 0.1) is 24.5 Å². The highest BCUT2D eigenvalue weighted by Crippen LogP contribution is 2.19. The lowest BCUT2D eigenvalue weighted by Crippen LogP contribution is -2.42. The fourth-order valence-corrected chi connectivity index (χ4v) is 4.07. The number of nitrogens with zero attached hydrogens (tertiary/aromatic N) is 6. The van der Waals surface area contributed by atoms with Crippen LogP contribution in [0.4, 0.5) is 0 Å². The lowest BCUT2D eigenvalue weighted by molar-refractivity contribution is 0.606. The average molecular weight is 548 g/mol. The first-order chi connectivity index (χ1) is 15.0. The van der Waals surface area contributed by atoms with E-state index in [2.05, 4.69) is 57.1 Å². The molecule has 0 radical (unpaired) electrons. The molecular weight excluding hydrogens is 515 g/mol. The molecule has 1 aromatic carbocycles. The van der Waals surface area contributed by atoms with Gasteiger partial charge in [0, 0.05) is 18.8 Å². The van der Waals surface area contributed by atoms with Crippen LogP contribution in [-0.4, -0.2) is 36.5 Å². The number of guanidine groups is 1. The number of aryl methyl sites for hydroxylation is 3. The molecule has 9 heteroatoms. The molecule has 2 N–H and O–H groups in total. The highest BCUT2D eigenvalue weighted by Gasteiger charge is 2.17. The third-order valence-electron chi connectivity index (χ3n) is 5.93. The second kappa shape index (κ2) is 10.9. The van der Waals surface area contributed by atoms with Crippen LogP contribution in [-0.2, 0) is 20.1 Å². The van der Waals surface area contributed by atoms with Crippen LogP contribution in [0, 0.1) is 20.8 Å². The predicted octanol–water partition coefficient (Wildman–Crippen LogP) is 3.72. The summed E-state index contributed by atoms with van der Waals surface area (Å²) in [4.78, 5) is 4.93. The number of hydrogen-bond donors (Lipinski definition) is 2. The summed E-state index contributed by atoms with van der Waals surface area (Å²) in [6.07, 6.45) is 4.92. The van der Waals surface area contributed by atoms with Crippen molar-refractivity contribution in [1.82, 2.24) is 35.2 Å². The van der Waals surface area contributed by atoms with E-state index in [-0.39, 0.29) is 24.0 Å². The number of para-hydroxylation sites is 1. The van der Waals surface area contributed by atoms with Crippen molar-refractivity contribution in [3.8, 4) is 5.69 Å². The van der Waals surface area contributed by atoms with Crippen molar-refractivity contribution in [2.75, 3.05) is 0 Å². The van der Waals surface area contributed by atoms with Crippen LogP contribution >= 0.6 is 24.0 Å². The molecular formula is C23H33IN8. The van der Waals surface area contributed by atoms with Crippen molar-refractivity contribution in [2.45, 2.75) is 65.6 Å². The minimum atomic E-state index is 0. The quantitative estimate of drug-likeness (QED) is 0.279. The third kappa shape index (κ3) is 5.67. The lowest BCUT2D eigenvalue weighted by Gasteiger charge is -2.18. The summed E-state index contributed by atoms with van der Waals surface area (Å²) >= 11 is 0. The Balaban J connectivity index is 0.00000289. The van der Waals surface area contributed by atoms with E-state index in [1.807, 2.05) is 36.2 Å². The number of halogens is 1. The Hall–Kier alpha value is -2.43. The van der Waals surface area contributed by atoms with Crippen LogP contribution in [0.3, 0.4) is 0 Å². The molecule has 0 unspecified atom stereocenters. The van der Waals surface area contributed by atoms with Crippen molar-refractivity contribution in [2.24, 2.45) is 12.0 Å². The van der Waals surface area contributed by atoms with E-state index >= 15 is 0 Å². The lowest BCUT2D eigenvalue weighted by atomic mass is 10.2. The van der Waals surface area contributed by atoms with Gasteiger partial charge < -0.3 is 15.2 Å². The van der Waals surface area contributed by atoms with Gasteiger partial charge in [-0.1, -0.05) is 31.0 Å². The molecule has 0 amide bonds. The third-order valence-corrected chi connectivity index (χ3v) is 5.93. The van der Waals surface area contributed by atoms with Crippen molar-refractivity contribution < 1.29 is 0 Å². The number of rotatable bonds is 6. The molecule has 8 nitrogen and oxygen atoms in total. The predicted molar refractivity (Wildman–Crippen MR) is 138 cm³/mol. The smallest absolute Gasteiger partial charge is 0.192 e. The molecule has 0 spiro atoms. The molecule has 172 valence electrons. The normalized spacial score (nSPS) is 14.4. The van der Waals surface area contributed by atoms with Gasteiger partial charge in [0.1, 0.15) is 5.82 Å². The Labute approximate surface area is 206 Å². The van der Waals surface area contributed by atoms with Gasteiger partial charge >= 0.3 is 0 Å². The standard InChI is InChI=1S/C23H32N8.HI/c1-16-13-17(2)31(29-16)21-12-8-5-9-19(21)14-24-23(26-20-10-6-7-11-20)25-15-22-28-27-18(3)30(22)4;/h5,8-9,12-13,20H,6-7,10-11,14-15H2,1-4H3,(H2,24,25,26);1H. The highest BCUT2D eigenvalue weighted by molar-refractivity contribution is 14.0. The van der Waals surface area contributed by atoms with Crippen LogP contribution in [0.25, 0.3) is 5.69 Å². The Kier molecular flexibility index (Phi) is 8.27. The molecule has 0 atom stereocenters. The van der Waals surface area contributed by atoms with Crippen LogP contribution in [0.2, 0.25) is 0 Å². The fourth-order valence-electron chi connectivity index (χ4n) is 4.07. The zero-order chi connectivity index (χ0) is 21.8. The van der Waals surface area contributed by atoms with E-state index in [0.29, 0.717) is 19.1 Å². The van der Waals surface area contributed by atoms with E-state index in [4.69, 9.17) is 4.99 Å². The molecule has 32 heavy (non-hydrogen) atoms. The van der Waals surface area contributed by atoms with Gasteiger partial charge in [-0.3, -0.25) is 0 Å². The van der Waals surface area contributed by atoms with Crippen LogP contribution in [0.15, 0.2) is 35.3 Å². The van der Waals surface area contributed by atoms with E-state index in [0.717, 1.165) is 40.2 Å². The molecule has 1 fully saturated rings. The van der Waals surface area contributed by atoms with E-state index in [1.54, 1.807) is 0 Å². The van der Waals surface area contributed by atoms with Crippen molar-refractivity contribution in [3.63, 3.8) is 0 Å². The second-order valence-electron chi connectivity index (χ2n) is 8.33. The Morgan fingerprint density at radius 1 is 1.12 bits per heavy atom. The second-order valence-corrected chi connectivity index (χ2v) is 8.33. The van der Waals surface area contributed by atoms with Gasteiger partial charge in [-0.25, -0.2) is 9.67 Å². The maximum atomic E-state index is 4.93. The molecule has 1 aliphatic rings. The van der Waals surface area contributed by atoms with Gasteiger partial charge in [-0.05, 0) is 51.3 Å². The van der Waals surface area contributed by atoms with Gasteiger partial charge in [-0.15, -0.1) is 34.2 Å². The maximum Gasteiger partial charge on any atom is 0.192 e. The SMILES string of the molecule is Cc1cc(C)n(-c2ccccc2CN=C(NCc2nnc(C)n2C)NC2CCCC2)n1.I. The molecule has 0 aliphatic heterocycles. The van der Waals surface area contributed by atoms with Gasteiger partial charge in [0.25, 0.3) is 0 Å². The zero-order valence-corrected chi connectivity index (χ0v) is 21.6. The largest absolute Gasteiger partial charge is 0.354 e. The molecule has 2 aromatic heterocycles. The Bertz CT molecular complexity index is 1060. The summed E-state index contributed by atoms with van der Waals surface area (Å²) in [5.41, 5.74) is 4.34.